The fraction of sp³-hybridized carbons (Fsp3) is 0.0455. The van der Waals surface area contributed by atoms with E-state index in [-0.39, 0.29) is 23.5 Å². The minimum absolute atomic E-state index is 0.136. The van der Waals surface area contributed by atoms with Crippen molar-refractivity contribution >= 4 is 34.7 Å². The molecule has 1 aromatic heterocycles. The molecule has 27 heavy (non-hydrogen) atoms. The van der Waals surface area contributed by atoms with E-state index in [9.17, 15) is 19.5 Å². The highest BCUT2D eigenvalue weighted by molar-refractivity contribution is 6.10. The van der Waals surface area contributed by atoms with E-state index in [1.165, 1.54) is 30.4 Å². The first-order chi connectivity index (χ1) is 13.0. The van der Waals surface area contributed by atoms with Crippen molar-refractivity contribution in [2.45, 2.75) is 6.42 Å². The summed E-state index contributed by atoms with van der Waals surface area (Å²) in [6.45, 7) is 0. The molecule has 0 aliphatic carbocycles. The van der Waals surface area contributed by atoms with Crippen molar-refractivity contribution in [3.63, 3.8) is 0 Å². The van der Waals surface area contributed by atoms with Gasteiger partial charge in [0.1, 0.15) is 11.3 Å². The Hall–Kier alpha value is -3.73. The van der Waals surface area contributed by atoms with Gasteiger partial charge in [0.05, 0.1) is 12.0 Å². The molecule has 0 radical (unpaired) electrons. The molecule has 0 bridgehead atoms. The fourth-order valence-electron chi connectivity index (χ4n) is 2.44. The Morgan fingerprint density at radius 1 is 0.926 bits per heavy atom. The molecule has 5 nitrogen and oxygen atoms in total. The van der Waals surface area contributed by atoms with Gasteiger partial charge in [-0.3, -0.25) is 9.59 Å². The molecule has 2 aromatic carbocycles. The van der Waals surface area contributed by atoms with Gasteiger partial charge in [-0.05, 0) is 48.1 Å². The molecular weight excluding hydrogens is 344 g/mol. The van der Waals surface area contributed by atoms with Gasteiger partial charge < -0.3 is 9.52 Å². The Morgan fingerprint density at radius 2 is 1.59 bits per heavy atom. The van der Waals surface area contributed by atoms with Crippen LogP contribution in [-0.4, -0.2) is 16.7 Å². The Bertz CT molecular complexity index is 1100. The van der Waals surface area contributed by atoms with Crippen molar-refractivity contribution in [1.29, 1.82) is 0 Å². The molecule has 0 aliphatic rings. The Balaban J connectivity index is 1.64. The maximum absolute atomic E-state index is 12.0. The molecule has 5 heteroatoms. The largest absolute Gasteiger partial charge is 0.508 e. The predicted molar refractivity (Wildman–Crippen MR) is 103 cm³/mol. The van der Waals surface area contributed by atoms with Crippen LogP contribution in [0.15, 0.2) is 76.0 Å². The highest BCUT2D eigenvalue weighted by atomic mass is 16.4. The van der Waals surface area contributed by atoms with E-state index in [0.29, 0.717) is 5.58 Å². The molecule has 0 fully saturated rings. The average Bonchev–Trinajstić information content (AvgIpc) is 2.66. The fourth-order valence-corrected chi connectivity index (χ4v) is 2.44. The standard InChI is InChI=1S/C22H16O5/c23-18-9-5-15(6-10-18)7-11-19(24)14-20(25)12-8-17-13-16-3-1-2-4-21(16)27-22(17)26/h1-13,23H,14H2/b11-7+,12-8+. The number of carbonyl (C=O) groups is 2. The molecule has 1 heterocycles. The molecule has 1 N–H and O–H groups in total. The lowest BCUT2D eigenvalue weighted by molar-refractivity contribution is -0.121. The number of hydrogen-bond acceptors (Lipinski definition) is 5. The van der Waals surface area contributed by atoms with Crippen LogP contribution in [0.2, 0.25) is 0 Å². The summed E-state index contributed by atoms with van der Waals surface area (Å²) in [6.07, 6.45) is 5.13. The summed E-state index contributed by atoms with van der Waals surface area (Å²) in [5, 5.41) is 9.96. The quantitative estimate of drug-likeness (QED) is 0.411. The number of fused-ring (bicyclic) bond motifs is 1. The SMILES string of the molecule is O=C(/C=C/c1ccc(O)cc1)CC(=O)/C=C/c1cc2ccccc2oc1=O. The van der Waals surface area contributed by atoms with Gasteiger partial charge in [-0.15, -0.1) is 0 Å². The molecule has 134 valence electrons. The maximum atomic E-state index is 12.0. The minimum atomic E-state index is -0.545. The lowest BCUT2D eigenvalue weighted by Gasteiger charge is -1.97. The van der Waals surface area contributed by atoms with E-state index in [2.05, 4.69) is 0 Å². The normalized spacial score (nSPS) is 11.4. The molecule has 0 saturated heterocycles. The summed E-state index contributed by atoms with van der Waals surface area (Å²) in [6, 6.07) is 15.0. The Morgan fingerprint density at radius 3 is 2.33 bits per heavy atom. The number of ketones is 2. The third kappa shape index (κ3) is 4.89. The molecule has 0 spiro atoms. The average molecular weight is 360 g/mol. The summed E-state index contributed by atoms with van der Waals surface area (Å²) < 4.78 is 5.19. The second-order valence-electron chi connectivity index (χ2n) is 5.89. The molecule has 0 saturated carbocycles. The van der Waals surface area contributed by atoms with E-state index in [1.807, 2.05) is 6.07 Å². The second kappa shape index (κ2) is 8.10. The maximum Gasteiger partial charge on any atom is 0.343 e. The summed E-state index contributed by atoms with van der Waals surface area (Å²) in [5.41, 5.74) is 0.906. The molecule has 0 amide bonds. The summed E-state index contributed by atoms with van der Waals surface area (Å²) >= 11 is 0. The van der Waals surface area contributed by atoms with E-state index in [0.717, 1.165) is 10.9 Å². The van der Waals surface area contributed by atoms with Gasteiger partial charge >= 0.3 is 5.63 Å². The van der Waals surface area contributed by atoms with Gasteiger partial charge in [-0.1, -0.05) is 36.4 Å². The number of carbonyl (C=O) groups excluding carboxylic acids is 2. The predicted octanol–water partition coefficient (Wildman–Crippen LogP) is 3.75. The van der Waals surface area contributed by atoms with Crippen LogP contribution in [-0.2, 0) is 9.59 Å². The highest BCUT2D eigenvalue weighted by Gasteiger charge is 2.06. The highest BCUT2D eigenvalue weighted by Crippen LogP contribution is 2.13. The lowest BCUT2D eigenvalue weighted by atomic mass is 10.1. The topological polar surface area (TPSA) is 84.6 Å². The number of allylic oxidation sites excluding steroid dienone is 2. The van der Waals surface area contributed by atoms with Crippen LogP contribution in [0.1, 0.15) is 17.5 Å². The van der Waals surface area contributed by atoms with Gasteiger partial charge in [-0.2, -0.15) is 0 Å². The first-order valence-electron chi connectivity index (χ1n) is 8.25. The van der Waals surface area contributed by atoms with Crippen LogP contribution in [0.5, 0.6) is 5.75 Å². The zero-order valence-electron chi connectivity index (χ0n) is 14.3. The zero-order valence-corrected chi connectivity index (χ0v) is 14.3. The third-order valence-electron chi connectivity index (χ3n) is 3.82. The van der Waals surface area contributed by atoms with E-state index < -0.39 is 11.4 Å². The summed E-state index contributed by atoms with van der Waals surface area (Å²) in [5.74, 6) is -0.636. The molecule has 3 aromatic rings. The molecule has 0 atom stereocenters. The van der Waals surface area contributed by atoms with Gasteiger partial charge in [-0.25, -0.2) is 4.79 Å². The Kier molecular flexibility index (Phi) is 5.42. The monoisotopic (exact) mass is 360 g/mol. The van der Waals surface area contributed by atoms with Crippen LogP contribution < -0.4 is 5.63 Å². The number of hydrogen-bond donors (Lipinski definition) is 1. The Labute approximate surface area is 154 Å². The van der Waals surface area contributed by atoms with Gasteiger partial charge in [0.15, 0.2) is 11.6 Å². The van der Waals surface area contributed by atoms with E-state index in [4.69, 9.17) is 4.42 Å². The molecule has 0 aliphatic heterocycles. The van der Waals surface area contributed by atoms with Crippen LogP contribution in [0, 0.1) is 0 Å². The van der Waals surface area contributed by atoms with Crippen molar-refractivity contribution in [1.82, 2.24) is 0 Å². The summed E-state index contributed by atoms with van der Waals surface area (Å²) in [7, 11) is 0. The van der Waals surface area contributed by atoms with Gasteiger partial charge in [0.2, 0.25) is 0 Å². The number of aromatic hydroxyl groups is 1. The molecule has 3 rings (SSSR count). The number of phenols is 1. The van der Waals surface area contributed by atoms with Crippen LogP contribution >= 0.6 is 0 Å². The van der Waals surface area contributed by atoms with E-state index in [1.54, 1.807) is 42.5 Å². The van der Waals surface area contributed by atoms with Crippen molar-refractivity contribution in [2.75, 3.05) is 0 Å². The number of para-hydroxylation sites is 1. The number of benzene rings is 2. The molecule has 0 unspecified atom stereocenters. The second-order valence-corrected chi connectivity index (χ2v) is 5.89. The first-order valence-corrected chi connectivity index (χ1v) is 8.25. The third-order valence-corrected chi connectivity index (χ3v) is 3.82. The van der Waals surface area contributed by atoms with Crippen molar-refractivity contribution < 1.29 is 19.1 Å². The van der Waals surface area contributed by atoms with Crippen molar-refractivity contribution in [3.8, 4) is 5.75 Å². The first kappa shape index (κ1) is 18.1. The smallest absolute Gasteiger partial charge is 0.343 e. The van der Waals surface area contributed by atoms with Gasteiger partial charge in [0, 0.05) is 5.39 Å². The van der Waals surface area contributed by atoms with Crippen LogP contribution in [0.3, 0.4) is 0 Å². The lowest BCUT2D eigenvalue weighted by Crippen LogP contribution is -2.05. The van der Waals surface area contributed by atoms with Crippen molar-refractivity contribution in [3.05, 3.63) is 88.3 Å². The minimum Gasteiger partial charge on any atom is -0.508 e. The van der Waals surface area contributed by atoms with Gasteiger partial charge in [0.25, 0.3) is 0 Å². The van der Waals surface area contributed by atoms with E-state index >= 15 is 0 Å². The molecular formula is C22H16O5. The van der Waals surface area contributed by atoms with Crippen LogP contribution in [0.25, 0.3) is 23.1 Å². The van der Waals surface area contributed by atoms with Crippen LogP contribution in [0.4, 0.5) is 0 Å². The zero-order chi connectivity index (χ0) is 19.2. The summed E-state index contributed by atoms with van der Waals surface area (Å²) in [4.78, 5) is 35.8. The number of rotatable bonds is 6. The van der Waals surface area contributed by atoms with Crippen molar-refractivity contribution in [2.24, 2.45) is 0 Å². The number of phenolic OH excluding ortho intramolecular Hbond substituents is 1.